The Morgan fingerprint density at radius 3 is 2.90 bits per heavy atom. The fourth-order valence-electron chi connectivity index (χ4n) is 1.73. The van der Waals surface area contributed by atoms with E-state index in [-0.39, 0.29) is 12.5 Å². The highest BCUT2D eigenvalue weighted by Gasteiger charge is 2.14. The number of para-hydroxylation sites is 2. The zero-order chi connectivity index (χ0) is 15.1. The number of rotatable bonds is 5. The van der Waals surface area contributed by atoms with Gasteiger partial charge >= 0.3 is 0 Å². The van der Waals surface area contributed by atoms with Crippen molar-refractivity contribution in [2.75, 3.05) is 19.0 Å². The van der Waals surface area contributed by atoms with Crippen molar-refractivity contribution in [3.05, 3.63) is 48.3 Å². The highest BCUT2D eigenvalue weighted by molar-refractivity contribution is 6.06. The molecule has 106 valence electrons. The number of nitrogens with zero attached hydrogens (tertiary/aromatic N) is 2. The van der Waals surface area contributed by atoms with Gasteiger partial charge in [-0.05, 0) is 18.2 Å². The summed E-state index contributed by atoms with van der Waals surface area (Å²) in [5, 5.41) is 11.3. The van der Waals surface area contributed by atoms with Crippen LogP contribution in [0.3, 0.4) is 0 Å². The summed E-state index contributed by atoms with van der Waals surface area (Å²) in [6.07, 6.45) is 2.97. The van der Waals surface area contributed by atoms with Crippen LogP contribution in [0.5, 0.6) is 11.5 Å². The molecule has 0 fully saturated rings. The molecule has 6 nitrogen and oxygen atoms in total. The molecule has 1 heterocycles. The predicted octanol–water partition coefficient (Wildman–Crippen LogP) is 2.24. The topological polar surface area (TPSA) is 84.2 Å². The molecular weight excluding hydrogens is 270 g/mol. The van der Waals surface area contributed by atoms with Crippen molar-refractivity contribution in [3.63, 3.8) is 0 Å². The Kier molecular flexibility index (Phi) is 4.72. The van der Waals surface area contributed by atoms with Crippen molar-refractivity contribution in [2.45, 2.75) is 0 Å². The van der Waals surface area contributed by atoms with Crippen LogP contribution in [-0.4, -0.2) is 24.6 Å². The van der Waals surface area contributed by atoms with Gasteiger partial charge in [-0.1, -0.05) is 12.1 Å². The molecule has 0 aliphatic rings. The summed E-state index contributed by atoms with van der Waals surface area (Å²) in [5.74, 6) is 0.466. The summed E-state index contributed by atoms with van der Waals surface area (Å²) >= 11 is 0. The molecular formula is C15H13N3O3. The Bertz CT molecular complexity index is 680. The molecule has 0 atom stereocenters. The van der Waals surface area contributed by atoms with Crippen molar-refractivity contribution in [2.24, 2.45) is 0 Å². The van der Waals surface area contributed by atoms with Gasteiger partial charge in [-0.15, -0.1) is 0 Å². The van der Waals surface area contributed by atoms with Gasteiger partial charge in [0.25, 0.3) is 5.91 Å². The van der Waals surface area contributed by atoms with E-state index in [1.165, 1.54) is 19.5 Å². The average Bonchev–Trinajstić information content (AvgIpc) is 2.54. The molecule has 0 saturated carbocycles. The monoisotopic (exact) mass is 283 g/mol. The third-order valence-corrected chi connectivity index (χ3v) is 2.68. The number of nitrogens with one attached hydrogen (secondary N) is 1. The largest absolute Gasteiger partial charge is 0.494 e. The second-order valence-electron chi connectivity index (χ2n) is 3.97. The number of aromatic nitrogens is 1. The summed E-state index contributed by atoms with van der Waals surface area (Å²) in [7, 11) is 1.47. The SMILES string of the molecule is COc1cnccc1C(=O)Nc1ccccc1OCC#N. The van der Waals surface area contributed by atoms with Crippen LogP contribution in [0.1, 0.15) is 10.4 Å². The lowest BCUT2D eigenvalue weighted by Crippen LogP contribution is -2.14. The molecule has 0 aliphatic heterocycles. The van der Waals surface area contributed by atoms with Crippen LogP contribution >= 0.6 is 0 Å². The van der Waals surface area contributed by atoms with E-state index < -0.39 is 0 Å². The first-order chi connectivity index (χ1) is 10.3. The number of amides is 1. The fraction of sp³-hybridized carbons (Fsp3) is 0.133. The number of carbonyl (C=O) groups is 1. The number of ether oxygens (including phenoxy) is 2. The van der Waals surface area contributed by atoms with Crippen molar-refractivity contribution in [1.82, 2.24) is 4.98 Å². The van der Waals surface area contributed by atoms with Gasteiger partial charge in [-0.25, -0.2) is 0 Å². The summed E-state index contributed by atoms with van der Waals surface area (Å²) in [6, 6.07) is 10.3. The number of hydrogen-bond donors (Lipinski definition) is 1. The zero-order valence-electron chi connectivity index (χ0n) is 11.4. The highest BCUT2D eigenvalue weighted by Crippen LogP contribution is 2.25. The highest BCUT2D eigenvalue weighted by atomic mass is 16.5. The zero-order valence-corrected chi connectivity index (χ0v) is 11.4. The van der Waals surface area contributed by atoms with E-state index in [2.05, 4.69) is 10.3 Å². The molecule has 2 aromatic rings. The average molecular weight is 283 g/mol. The predicted molar refractivity (Wildman–Crippen MR) is 76.3 cm³/mol. The number of pyridine rings is 1. The Morgan fingerprint density at radius 1 is 1.33 bits per heavy atom. The van der Waals surface area contributed by atoms with E-state index in [1.807, 2.05) is 6.07 Å². The quantitative estimate of drug-likeness (QED) is 0.909. The van der Waals surface area contributed by atoms with Gasteiger partial charge in [0.2, 0.25) is 0 Å². The summed E-state index contributed by atoms with van der Waals surface area (Å²) < 4.78 is 10.4. The van der Waals surface area contributed by atoms with E-state index in [4.69, 9.17) is 14.7 Å². The maximum absolute atomic E-state index is 12.3. The smallest absolute Gasteiger partial charge is 0.259 e. The van der Waals surface area contributed by atoms with Crippen LogP contribution in [0.4, 0.5) is 5.69 Å². The normalized spacial score (nSPS) is 9.52. The third-order valence-electron chi connectivity index (χ3n) is 2.68. The minimum atomic E-state index is -0.345. The standard InChI is InChI=1S/C15H13N3O3/c1-20-14-10-17-8-6-11(14)15(19)18-12-4-2-3-5-13(12)21-9-7-16/h2-6,8,10H,9H2,1H3,(H,18,19). The second-order valence-corrected chi connectivity index (χ2v) is 3.97. The van der Waals surface area contributed by atoms with Crippen molar-refractivity contribution >= 4 is 11.6 Å². The number of benzene rings is 1. The first kappa shape index (κ1) is 14.3. The Morgan fingerprint density at radius 2 is 2.14 bits per heavy atom. The van der Waals surface area contributed by atoms with Crippen LogP contribution in [0.25, 0.3) is 0 Å². The molecule has 1 aromatic heterocycles. The minimum absolute atomic E-state index is 0.0918. The number of methoxy groups -OCH3 is 1. The van der Waals surface area contributed by atoms with Gasteiger partial charge in [0.15, 0.2) is 6.61 Å². The molecule has 2 rings (SSSR count). The molecule has 1 aromatic carbocycles. The van der Waals surface area contributed by atoms with Crippen LogP contribution in [-0.2, 0) is 0 Å². The van der Waals surface area contributed by atoms with Crippen LogP contribution in [0.2, 0.25) is 0 Å². The lowest BCUT2D eigenvalue weighted by atomic mass is 10.2. The van der Waals surface area contributed by atoms with Gasteiger partial charge in [0.1, 0.15) is 17.6 Å². The molecule has 1 N–H and O–H groups in total. The first-order valence-corrected chi connectivity index (χ1v) is 6.14. The minimum Gasteiger partial charge on any atom is -0.494 e. The van der Waals surface area contributed by atoms with Gasteiger partial charge in [0, 0.05) is 6.20 Å². The summed E-state index contributed by atoms with van der Waals surface area (Å²) in [6.45, 7) is -0.0918. The van der Waals surface area contributed by atoms with Gasteiger partial charge in [-0.3, -0.25) is 9.78 Å². The van der Waals surface area contributed by atoms with E-state index in [9.17, 15) is 4.79 Å². The molecule has 6 heteroatoms. The fourth-order valence-corrected chi connectivity index (χ4v) is 1.73. The van der Waals surface area contributed by atoms with E-state index in [1.54, 1.807) is 30.3 Å². The first-order valence-electron chi connectivity index (χ1n) is 6.14. The molecule has 0 unspecified atom stereocenters. The lowest BCUT2D eigenvalue weighted by Gasteiger charge is -2.12. The van der Waals surface area contributed by atoms with Crippen molar-refractivity contribution in [1.29, 1.82) is 5.26 Å². The maximum atomic E-state index is 12.3. The number of anilines is 1. The van der Waals surface area contributed by atoms with Crippen molar-refractivity contribution in [3.8, 4) is 17.6 Å². The molecule has 0 aliphatic carbocycles. The lowest BCUT2D eigenvalue weighted by molar-refractivity contribution is 0.102. The van der Waals surface area contributed by atoms with E-state index in [0.29, 0.717) is 22.7 Å². The van der Waals surface area contributed by atoms with Gasteiger partial charge in [-0.2, -0.15) is 5.26 Å². The summed E-state index contributed by atoms with van der Waals surface area (Å²) in [5.41, 5.74) is 0.846. The van der Waals surface area contributed by atoms with Gasteiger partial charge < -0.3 is 14.8 Å². The second kappa shape index (κ2) is 6.91. The molecule has 0 bridgehead atoms. The summed E-state index contributed by atoms with van der Waals surface area (Å²) in [4.78, 5) is 16.2. The number of nitriles is 1. The third kappa shape index (κ3) is 3.48. The maximum Gasteiger partial charge on any atom is 0.259 e. The molecule has 0 radical (unpaired) electrons. The van der Waals surface area contributed by atoms with Gasteiger partial charge in [0.05, 0.1) is 24.6 Å². The van der Waals surface area contributed by atoms with E-state index in [0.717, 1.165) is 0 Å². The number of carbonyl (C=O) groups excluding carboxylic acids is 1. The molecule has 21 heavy (non-hydrogen) atoms. The van der Waals surface area contributed by atoms with Crippen LogP contribution < -0.4 is 14.8 Å². The Hall–Kier alpha value is -3.07. The molecule has 0 saturated heterocycles. The van der Waals surface area contributed by atoms with Crippen molar-refractivity contribution < 1.29 is 14.3 Å². The Balaban J connectivity index is 2.22. The van der Waals surface area contributed by atoms with Crippen LogP contribution in [0.15, 0.2) is 42.7 Å². The molecule has 0 spiro atoms. The van der Waals surface area contributed by atoms with E-state index >= 15 is 0 Å². The van der Waals surface area contributed by atoms with Crippen LogP contribution in [0, 0.1) is 11.3 Å². The number of hydrogen-bond acceptors (Lipinski definition) is 5. The Labute approximate surface area is 121 Å². The molecule has 1 amide bonds.